The number of nitrogens with one attached hydrogen (secondary N) is 1. The van der Waals surface area contributed by atoms with Crippen LogP contribution in [-0.4, -0.2) is 38.0 Å². The standard InChI is InChI=1S/C20H18BrClN2O5/c1-28-17-7-4-14(22)9-16(17)24-10-12(8-19(24)26)20(27)29-11-18(25)23-15-5-2-13(21)3-6-15/h2-7,9,12H,8,10-11H2,1H3,(H,23,25)/t12-/m1/s1. The van der Waals surface area contributed by atoms with Gasteiger partial charge in [0.15, 0.2) is 6.61 Å². The van der Waals surface area contributed by atoms with Crippen molar-refractivity contribution in [3.8, 4) is 5.75 Å². The lowest BCUT2D eigenvalue weighted by Gasteiger charge is -2.19. The summed E-state index contributed by atoms with van der Waals surface area (Å²) < 4.78 is 11.3. The van der Waals surface area contributed by atoms with Gasteiger partial charge in [-0.2, -0.15) is 0 Å². The van der Waals surface area contributed by atoms with Crippen molar-refractivity contribution in [3.05, 3.63) is 52.0 Å². The predicted octanol–water partition coefficient (Wildman–Crippen LogP) is 3.65. The summed E-state index contributed by atoms with van der Waals surface area (Å²) in [7, 11) is 1.49. The number of carbonyl (C=O) groups is 3. The first-order chi connectivity index (χ1) is 13.9. The van der Waals surface area contributed by atoms with Crippen LogP contribution in [0.1, 0.15) is 6.42 Å². The second-order valence-electron chi connectivity index (χ2n) is 6.38. The first-order valence-corrected chi connectivity index (χ1v) is 9.90. The molecule has 0 bridgehead atoms. The first-order valence-electron chi connectivity index (χ1n) is 8.73. The minimum Gasteiger partial charge on any atom is -0.495 e. The largest absolute Gasteiger partial charge is 0.495 e. The van der Waals surface area contributed by atoms with Gasteiger partial charge < -0.3 is 19.7 Å². The lowest BCUT2D eigenvalue weighted by Crippen LogP contribution is -2.28. The van der Waals surface area contributed by atoms with E-state index in [0.29, 0.717) is 22.1 Å². The van der Waals surface area contributed by atoms with E-state index < -0.39 is 24.4 Å². The van der Waals surface area contributed by atoms with Crippen LogP contribution in [0.2, 0.25) is 5.02 Å². The van der Waals surface area contributed by atoms with E-state index in [2.05, 4.69) is 21.2 Å². The molecule has 2 aromatic rings. The van der Waals surface area contributed by atoms with Crippen molar-refractivity contribution in [2.45, 2.75) is 6.42 Å². The fourth-order valence-electron chi connectivity index (χ4n) is 2.96. The maximum Gasteiger partial charge on any atom is 0.311 e. The van der Waals surface area contributed by atoms with Gasteiger partial charge in [-0.05, 0) is 42.5 Å². The molecule has 1 fully saturated rings. The molecule has 3 rings (SSSR count). The average Bonchev–Trinajstić information content (AvgIpc) is 3.09. The molecule has 2 amide bonds. The molecule has 7 nitrogen and oxygen atoms in total. The summed E-state index contributed by atoms with van der Waals surface area (Å²) in [6.45, 7) is -0.303. The second kappa shape index (κ2) is 9.28. The lowest BCUT2D eigenvalue weighted by atomic mass is 10.1. The Balaban J connectivity index is 1.57. The number of amides is 2. The number of hydrogen-bond donors (Lipinski definition) is 1. The third kappa shape index (κ3) is 5.27. The SMILES string of the molecule is COc1ccc(Cl)cc1N1C[C@H](C(=O)OCC(=O)Nc2ccc(Br)cc2)CC1=O. The highest BCUT2D eigenvalue weighted by Crippen LogP contribution is 2.35. The molecule has 0 saturated carbocycles. The lowest BCUT2D eigenvalue weighted by molar-refractivity contribution is -0.151. The van der Waals surface area contributed by atoms with E-state index in [-0.39, 0.29) is 18.9 Å². The summed E-state index contributed by atoms with van der Waals surface area (Å²) in [5, 5.41) is 3.08. The van der Waals surface area contributed by atoms with E-state index in [0.717, 1.165) is 4.47 Å². The summed E-state index contributed by atoms with van der Waals surface area (Å²) in [5.74, 6) is -1.50. The number of esters is 1. The maximum atomic E-state index is 12.4. The Morgan fingerprint density at radius 1 is 1.24 bits per heavy atom. The summed E-state index contributed by atoms with van der Waals surface area (Å²) in [6.07, 6.45) is -0.0111. The Labute approximate surface area is 181 Å². The number of ether oxygens (including phenoxy) is 2. The fourth-order valence-corrected chi connectivity index (χ4v) is 3.39. The Bertz CT molecular complexity index is 935. The van der Waals surface area contributed by atoms with Crippen molar-refractivity contribution in [1.29, 1.82) is 0 Å². The van der Waals surface area contributed by atoms with Gasteiger partial charge in [-0.15, -0.1) is 0 Å². The molecule has 0 spiro atoms. The van der Waals surface area contributed by atoms with E-state index in [9.17, 15) is 14.4 Å². The third-order valence-electron chi connectivity index (χ3n) is 4.36. The molecular weight excluding hydrogens is 464 g/mol. The summed E-state index contributed by atoms with van der Waals surface area (Å²) in [5.41, 5.74) is 1.08. The molecule has 1 atom stereocenters. The van der Waals surface area contributed by atoms with Gasteiger partial charge in [0.05, 0.1) is 18.7 Å². The second-order valence-corrected chi connectivity index (χ2v) is 7.74. The van der Waals surface area contributed by atoms with Crippen LogP contribution < -0.4 is 15.0 Å². The zero-order chi connectivity index (χ0) is 21.0. The van der Waals surface area contributed by atoms with Gasteiger partial charge in [0.2, 0.25) is 5.91 Å². The highest BCUT2D eigenvalue weighted by Gasteiger charge is 2.37. The van der Waals surface area contributed by atoms with Crippen LogP contribution in [0.25, 0.3) is 0 Å². The molecule has 0 aliphatic carbocycles. The number of carbonyl (C=O) groups excluding carboxylic acids is 3. The van der Waals surface area contributed by atoms with Crippen molar-refractivity contribution < 1.29 is 23.9 Å². The molecular formula is C20H18BrClN2O5. The van der Waals surface area contributed by atoms with Crippen LogP contribution in [0.15, 0.2) is 46.9 Å². The van der Waals surface area contributed by atoms with Gasteiger partial charge in [0, 0.05) is 28.1 Å². The molecule has 1 saturated heterocycles. The van der Waals surface area contributed by atoms with Crippen LogP contribution in [0.4, 0.5) is 11.4 Å². The van der Waals surface area contributed by atoms with E-state index in [4.69, 9.17) is 21.1 Å². The Kier molecular flexibility index (Phi) is 6.76. The van der Waals surface area contributed by atoms with Crippen molar-refractivity contribution in [2.75, 3.05) is 30.5 Å². The molecule has 1 heterocycles. The zero-order valence-corrected chi connectivity index (χ0v) is 17.8. The smallest absolute Gasteiger partial charge is 0.311 e. The van der Waals surface area contributed by atoms with Gasteiger partial charge >= 0.3 is 5.97 Å². The Morgan fingerprint density at radius 3 is 2.66 bits per heavy atom. The number of anilines is 2. The summed E-state index contributed by atoms with van der Waals surface area (Å²) in [6, 6.07) is 11.9. The summed E-state index contributed by atoms with van der Waals surface area (Å²) in [4.78, 5) is 38.2. The molecule has 2 aromatic carbocycles. The highest BCUT2D eigenvalue weighted by molar-refractivity contribution is 9.10. The van der Waals surface area contributed by atoms with Crippen molar-refractivity contribution >= 4 is 56.7 Å². The minimum atomic E-state index is -0.674. The first kappa shape index (κ1) is 21.1. The van der Waals surface area contributed by atoms with Crippen LogP contribution in [0.5, 0.6) is 5.75 Å². The van der Waals surface area contributed by atoms with Gasteiger partial charge in [0.1, 0.15) is 5.75 Å². The van der Waals surface area contributed by atoms with Crippen LogP contribution in [0.3, 0.4) is 0 Å². The monoisotopic (exact) mass is 480 g/mol. The Hall–Kier alpha value is -2.58. The quantitative estimate of drug-likeness (QED) is 0.637. The molecule has 0 unspecified atom stereocenters. The van der Waals surface area contributed by atoms with Crippen molar-refractivity contribution in [2.24, 2.45) is 5.92 Å². The number of hydrogen-bond acceptors (Lipinski definition) is 5. The predicted molar refractivity (Wildman–Crippen MR) is 112 cm³/mol. The van der Waals surface area contributed by atoms with Gasteiger partial charge in [0.25, 0.3) is 5.91 Å². The third-order valence-corrected chi connectivity index (χ3v) is 5.13. The van der Waals surface area contributed by atoms with Crippen molar-refractivity contribution in [1.82, 2.24) is 0 Å². The average molecular weight is 482 g/mol. The molecule has 1 aliphatic heterocycles. The Morgan fingerprint density at radius 2 is 1.97 bits per heavy atom. The molecule has 0 radical (unpaired) electrons. The van der Waals surface area contributed by atoms with E-state index in [1.807, 2.05) is 0 Å². The zero-order valence-electron chi connectivity index (χ0n) is 15.5. The van der Waals surface area contributed by atoms with Crippen LogP contribution >= 0.6 is 27.5 Å². The molecule has 9 heteroatoms. The van der Waals surface area contributed by atoms with E-state index in [1.165, 1.54) is 12.0 Å². The van der Waals surface area contributed by atoms with Crippen LogP contribution in [-0.2, 0) is 19.1 Å². The molecule has 29 heavy (non-hydrogen) atoms. The minimum absolute atomic E-state index is 0.0111. The molecule has 1 aliphatic rings. The van der Waals surface area contributed by atoms with Crippen molar-refractivity contribution in [3.63, 3.8) is 0 Å². The molecule has 0 aromatic heterocycles. The number of methoxy groups -OCH3 is 1. The maximum absolute atomic E-state index is 12.4. The van der Waals surface area contributed by atoms with Gasteiger partial charge in [-0.3, -0.25) is 14.4 Å². The molecule has 1 N–H and O–H groups in total. The number of rotatable bonds is 6. The van der Waals surface area contributed by atoms with Gasteiger partial charge in [-0.25, -0.2) is 0 Å². The van der Waals surface area contributed by atoms with Gasteiger partial charge in [-0.1, -0.05) is 27.5 Å². The fraction of sp³-hybridized carbons (Fsp3) is 0.250. The summed E-state index contributed by atoms with van der Waals surface area (Å²) >= 11 is 9.34. The highest BCUT2D eigenvalue weighted by atomic mass is 79.9. The number of halogens is 2. The number of nitrogens with zero attached hydrogens (tertiary/aromatic N) is 1. The van der Waals surface area contributed by atoms with E-state index in [1.54, 1.807) is 42.5 Å². The van der Waals surface area contributed by atoms with Crippen LogP contribution in [0, 0.1) is 5.92 Å². The topological polar surface area (TPSA) is 84.9 Å². The normalized spacial score (nSPS) is 15.9. The van der Waals surface area contributed by atoms with E-state index >= 15 is 0 Å². The number of benzene rings is 2. The molecule has 152 valence electrons.